The minimum Gasteiger partial charge on any atom is -0.490 e. The second kappa shape index (κ2) is 12.5. The number of ether oxygens (including phenoxy) is 2. The van der Waals surface area contributed by atoms with Gasteiger partial charge in [-0.2, -0.15) is 5.26 Å². The Balaban J connectivity index is 1.49. The first-order chi connectivity index (χ1) is 18.0. The van der Waals surface area contributed by atoms with Crippen LogP contribution < -0.4 is 14.4 Å². The standard InChI is InChI=1S/C30H30BrN3O3/c1-3-36-28-19-24(18-27(31)29(28)37-21-23-9-7-8-22(2)16-23)17-25(20-32)30(35)34-14-12-33(13-15-34)26-10-5-4-6-11-26/h4-11,16-19H,3,12-15,21H2,1-2H3. The monoisotopic (exact) mass is 559 g/mol. The predicted molar refractivity (Wildman–Crippen MR) is 150 cm³/mol. The zero-order chi connectivity index (χ0) is 26.2. The van der Waals surface area contributed by atoms with Crippen LogP contribution in [0.25, 0.3) is 6.08 Å². The summed E-state index contributed by atoms with van der Waals surface area (Å²) in [6.07, 6.45) is 1.61. The second-order valence-corrected chi connectivity index (χ2v) is 9.68. The molecule has 1 fully saturated rings. The third-order valence-electron chi connectivity index (χ3n) is 6.15. The lowest BCUT2D eigenvalue weighted by atomic mass is 10.1. The highest BCUT2D eigenvalue weighted by Gasteiger charge is 2.24. The van der Waals surface area contributed by atoms with E-state index in [0.717, 1.165) is 24.3 Å². The van der Waals surface area contributed by atoms with E-state index in [9.17, 15) is 10.1 Å². The minimum absolute atomic E-state index is 0.0935. The Bertz CT molecular complexity index is 1310. The van der Waals surface area contributed by atoms with Crippen molar-refractivity contribution in [1.82, 2.24) is 4.90 Å². The molecule has 3 aromatic rings. The highest BCUT2D eigenvalue weighted by molar-refractivity contribution is 9.10. The van der Waals surface area contributed by atoms with E-state index in [4.69, 9.17) is 9.47 Å². The Kier molecular flexibility index (Phi) is 8.86. The van der Waals surface area contributed by atoms with Crippen LogP contribution in [0.3, 0.4) is 0 Å². The van der Waals surface area contributed by atoms with Crippen LogP contribution in [0, 0.1) is 18.3 Å². The van der Waals surface area contributed by atoms with Crippen molar-refractivity contribution < 1.29 is 14.3 Å². The lowest BCUT2D eigenvalue weighted by molar-refractivity contribution is -0.126. The van der Waals surface area contributed by atoms with Crippen molar-refractivity contribution >= 4 is 33.6 Å². The van der Waals surface area contributed by atoms with Crippen LogP contribution in [0.1, 0.15) is 23.6 Å². The molecule has 0 bridgehead atoms. The van der Waals surface area contributed by atoms with E-state index < -0.39 is 0 Å². The number of nitrogens with zero attached hydrogens (tertiary/aromatic N) is 3. The molecule has 6 nitrogen and oxygen atoms in total. The number of para-hydroxylation sites is 1. The highest BCUT2D eigenvalue weighted by Crippen LogP contribution is 2.38. The molecule has 0 radical (unpaired) electrons. The lowest BCUT2D eigenvalue weighted by Gasteiger charge is -2.36. The molecule has 1 amide bonds. The first kappa shape index (κ1) is 26.3. The third kappa shape index (κ3) is 6.72. The van der Waals surface area contributed by atoms with E-state index in [1.807, 2.05) is 56.3 Å². The molecule has 7 heteroatoms. The van der Waals surface area contributed by atoms with Gasteiger partial charge in [0.25, 0.3) is 5.91 Å². The molecule has 37 heavy (non-hydrogen) atoms. The second-order valence-electron chi connectivity index (χ2n) is 8.83. The van der Waals surface area contributed by atoms with E-state index in [1.54, 1.807) is 17.0 Å². The number of benzene rings is 3. The minimum atomic E-state index is -0.260. The molecule has 0 aromatic heterocycles. The van der Waals surface area contributed by atoms with Crippen LogP contribution >= 0.6 is 15.9 Å². The van der Waals surface area contributed by atoms with E-state index in [2.05, 4.69) is 45.1 Å². The Labute approximate surface area is 226 Å². The first-order valence-corrected chi connectivity index (χ1v) is 13.1. The van der Waals surface area contributed by atoms with Gasteiger partial charge in [0.2, 0.25) is 0 Å². The zero-order valence-electron chi connectivity index (χ0n) is 21.1. The van der Waals surface area contributed by atoms with E-state index in [1.165, 1.54) is 5.56 Å². The third-order valence-corrected chi connectivity index (χ3v) is 6.74. The van der Waals surface area contributed by atoms with Gasteiger partial charge >= 0.3 is 0 Å². The molecule has 0 N–H and O–H groups in total. The summed E-state index contributed by atoms with van der Waals surface area (Å²) in [7, 11) is 0. The van der Waals surface area contributed by atoms with Crippen molar-refractivity contribution in [3.05, 3.63) is 93.5 Å². The topological polar surface area (TPSA) is 65.8 Å². The molecule has 0 unspecified atom stereocenters. The van der Waals surface area contributed by atoms with Crippen LogP contribution in [-0.2, 0) is 11.4 Å². The number of aryl methyl sites for hydroxylation is 1. The van der Waals surface area contributed by atoms with Crippen LogP contribution in [0.5, 0.6) is 11.5 Å². The predicted octanol–water partition coefficient (Wildman–Crippen LogP) is 5.99. The Morgan fingerprint density at radius 2 is 1.78 bits per heavy atom. The summed E-state index contributed by atoms with van der Waals surface area (Å²) in [4.78, 5) is 17.2. The summed E-state index contributed by atoms with van der Waals surface area (Å²) in [5.41, 5.74) is 4.15. The lowest BCUT2D eigenvalue weighted by Crippen LogP contribution is -2.49. The van der Waals surface area contributed by atoms with Crippen LogP contribution in [-0.4, -0.2) is 43.6 Å². The molecule has 0 aliphatic carbocycles. The van der Waals surface area contributed by atoms with E-state index in [0.29, 0.717) is 47.8 Å². The van der Waals surface area contributed by atoms with Crippen molar-refractivity contribution in [1.29, 1.82) is 5.26 Å². The number of piperazine rings is 1. The van der Waals surface area contributed by atoms with Gasteiger partial charge in [0.1, 0.15) is 18.2 Å². The fraction of sp³-hybridized carbons (Fsp3) is 0.267. The average molecular weight is 560 g/mol. The molecule has 1 saturated heterocycles. The largest absolute Gasteiger partial charge is 0.490 e. The van der Waals surface area contributed by atoms with Gasteiger partial charge in [-0.25, -0.2) is 0 Å². The van der Waals surface area contributed by atoms with Crippen LogP contribution in [0.2, 0.25) is 0 Å². The van der Waals surface area contributed by atoms with E-state index in [-0.39, 0.29) is 11.5 Å². The molecule has 190 valence electrons. The fourth-order valence-electron chi connectivity index (χ4n) is 4.32. The van der Waals surface area contributed by atoms with Crippen molar-refractivity contribution in [2.45, 2.75) is 20.5 Å². The maximum Gasteiger partial charge on any atom is 0.264 e. The Morgan fingerprint density at radius 1 is 1.03 bits per heavy atom. The SMILES string of the molecule is CCOc1cc(C=C(C#N)C(=O)N2CCN(c3ccccc3)CC2)cc(Br)c1OCc1cccc(C)c1. The average Bonchev–Trinajstić information content (AvgIpc) is 2.92. The fourth-order valence-corrected chi connectivity index (χ4v) is 4.89. The normalized spacial score (nSPS) is 13.7. The number of anilines is 1. The number of carbonyl (C=O) groups is 1. The number of hydrogen-bond acceptors (Lipinski definition) is 5. The first-order valence-electron chi connectivity index (χ1n) is 12.3. The molecule has 1 aliphatic heterocycles. The van der Waals surface area contributed by atoms with Gasteiger partial charge in [0, 0.05) is 31.9 Å². The molecule has 4 rings (SSSR count). The van der Waals surface area contributed by atoms with E-state index >= 15 is 0 Å². The van der Waals surface area contributed by atoms with Crippen molar-refractivity contribution in [2.24, 2.45) is 0 Å². The molecular weight excluding hydrogens is 530 g/mol. The molecule has 1 aliphatic rings. The Hall–Kier alpha value is -3.76. The van der Waals surface area contributed by atoms with Crippen LogP contribution in [0.4, 0.5) is 5.69 Å². The number of halogens is 1. The Morgan fingerprint density at radius 3 is 2.46 bits per heavy atom. The number of hydrogen-bond donors (Lipinski definition) is 0. The number of nitriles is 1. The summed E-state index contributed by atoms with van der Waals surface area (Å²) in [6, 6.07) is 24.0. The van der Waals surface area contributed by atoms with Crippen molar-refractivity contribution in [2.75, 3.05) is 37.7 Å². The molecule has 0 saturated carbocycles. The molecule has 1 heterocycles. The van der Waals surface area contributed by atoms with Gasteiger partial charge in [-0.3, -0.25) is 4.79 Å². The smallest absolute Gasteiger partial charge is 0.264 e. The molecule has 0 spiro atoms. The number of rotatable bonds is 8. The summed E-state index contributed by atoms with van der Waals surface area (Å²) in [5.74, 6) is 0.878. The summed E-state index contributed by atoms with van der Waals surface area (Å²) in [5, 5.41) is 9.80. The van der Waals surface area contributed by atoms with Gasteiger partial charge in [0.05, 0.1) is 11.1 Å². The summed E-state index contributed by atoms with van der Waals surface area (Å²) < 4.78 is 12.6. The zero-order valence-corrected chi connectivity index (χ0v) is 22.7. The van der Waals surface area contributed by atoms with Gasteiger partial charge in [-0.1, -0.05) is 48.0 Å². The molecule has 0 atom stereocenters. The van der Waals surface area contributed by atoms with Crippen molar-refractivity contribution in [3.63, 3.8) is 0 Å². The van der Waals surface area contributed by atoms with Gasteiger partial charge in [0.15, 0.2) is 11.5 Å². The maximum atomic E-state index is 13.2. The number of carbonyl (C=O) groups excluding carboxylic acids is 1. The quantitative estimate of drug-likeness (QED) is 0.250. The summed E-state index contributed by atoms with van der Waals surface area (Å²) in [6.45, 7) is 7.37. The van der Waals surface area contributed by atoms with Crippen LogP contribution in [0.15, 0.2) is 76.8 Å². The van der Waals surface area contributed by atoms with Gasteiger partial charge < -0.3 is 19.3 Å². The highest BCUT2D eigenvalue weighted by atomic mass is 79.9. The van der Waals surface area contributed by atoms with Crippen molar-refractivity contribution in [3.8, 4) is 17.6 Å². The molecule has 3 aromatic carbocycles. The molecular formula is C30H30BrN3O3. The van der Waals surface area contributed by atoms with Gasteiger partial charge in [-0.05, 0) is 71.2 Å². The maximum absolute atomic E-state index is 13.2. The summed E-state index contributed by atoms with van der Waals surface area (Å²) >= 11 is 3.59. The van der Waals surface area contributed by atoms with Gasteiger partial charge in [-0.15, -0.1) is 0 Å². The number of amides is 1.